The van der Waals surface area contributed by atoms with Crippen molar-refractivity contribution < 1.29 is 19.1 Å². The van der Waals surface area contributed by atoms with Crippen molar-refractivity contribution in [2.75, 3.05) is 5.32 Å². The lowest BCUT2D eigenvalue weighted by molar-refractivity contribution is -0.139. The zero-order valence-corrected chi connectivity index (χ0v) is 25.9. The lowest BCUT2D eigenvalue weighted by Gasteiger charge is -2.33. The third kappa shape index (κ3) is 8.72. The minimum atomic E-state index is -1.50. The number of nitrogens with one attached hydrogen (secondary N) is 1. The summed E-state index contributed by atoms with van der Waals surface area (Å²) < 4.78 is 5.45. The summed E-state index contributed by atoms with van der Waals surface area (Å²) in [5.74, 6) is -1.55. The topological polar surface area (TPSA) is 97.2 Å². The van der Waals surface area contributed by atoms with Crippen LogP contribution in [0.2, 0.25) is 10.0 Å². The highest BCUT2D eigenvalue weighted by molar-refractivity contribution is 6.33. The monoisotopic (exact) mass is 595 g/mol. The minimum absolute atomic E-state index is 0.0748. The van der Waals surface area contributed by atoms with Gasteiger partial charge in [-0.1, -0.05) is 76.0 Å². The summed E-state index contributed by atoms with van der Waals surface area (Å²) in [7, 11) is 0. The Morgan fingerprint density at radius 3 is 2.20 bits per heavy atom. The van der Waals surface area contributed by atoms with Crippen LogP contribution >= 0.6 is 23.2 Å². The first kappa shape index (κ1) is 32.0. The van der Waals surface area contributed by atoms with Gasteiger partial charge in [-0.2, -0.15) is 10.2 Å². The standard InChI is InChI=1S/C32H35Cl2N3O4/c1-19-24(33)9-8-10-26(19)35-29(39)21-11-16-25(34)27(17-21)36-37-28(20(2)38)30(40)41-23-14-12-22(13-15-23)32(6,7)18-31(3,4)5/h8-17,28H,18H2,1-7H3,(H,35,39). The van der Waals surface area contributed by atoms with Gasteiger partial charge in [-0.25, -0.2) is 4.79 Å². The molecule has 0 aliphatic rings. The van der Waals surface area contributed by atoms with E-state index in [4.69, 9.17) is 27.9 Å². The van der Waals surface area contributed by atoms with Crippen molar-refractivity contribution >= 4 is 52.2 Å². The van der Waals surface area contributed by atoms with E-state index in [0.29, 0.717) is 16.5 Å². The maximum Gasteiger partial charge on any atom is 0.345 e. The summed E-state index contributed by atoms with van der Waals surface area (Å²) in [6, 6.07) is 15.4. The highest BCUT2D eigenvalue weighted by atomic mass is 35.5. The minimum Gasteiger partial charge on any atom is -0.425 e. The molecule has 3 rings (SSSR count). The molecule has 3 aromatic carbocycles. The Hall–Kier alpha value is -3.55. The van der Waals surface area contributed by atoms with E-state index >= 15 is 0 Å². The maximum atomic E-state index is 12.9. The smallest absolute Gasteiger partial charge is 0.345 e. The number of benzene rings is 3. The molecule has 0 heterocycles. The predicted molar refractivity (Wildman–Crippen MR) is 164 cm³/mol. The molecule has 0 bridgehead atoms. The molecule has 0 aliphatic carbocycles. The van der Waals surface area contributed by atoms with E-state index in [-0.39, 0.29) is 27.1 Å². The molecule has 0 fully saturated rings. The zero-order valence-electron chi connectivity index (χ0n) is 24.3. The average molecular weight is 597 g/mol. The van der Waals surface area contributed by atoms with Crippen LogP contribution in [0.5, 0.6) is 5.75 Å². The second-order valence-corrected chi connectivity index (χ2v) is 12.6. The largest absolute Gasteiger partial charge is 0.425 e. The SMILES string of the molecule is CC(=O)C(N=Nc1cc(C(=O)Nc2cccc(Cl)c2C)ccc1Cl)C(=O)Oc1ccc(C(C)(C)CC(C)(C)C)cc1. The molecule has 3 aromatic rings. The van der Waals surface area contributed by atoms with Crippen molar-refractivity contribution in [2.24, 2.45) is 15.6 Å². The Labute approximate surface area is 251 Å². The van der Waals surface area contributed by atoms with Crippen molar-refractivity contribution in [2.45, 2.75) is 66.3 Å². The number of amides is 1. The molecule has 0 spiro atoms. The van der Waals surface area contributed by atoms with E-state index in [0.717, 1.165) is 17.5 Å². The summed E-state index contributed by atoms with van der Waals surface area (Å²) >= 11 is 12.4. The number of carbonyl (C=O) groups is 3. The van der Waals surface area contributed by atoms with Crippen LogP contribution < -0.4 is 10.1 Å². The summed E-state index contributed by atoms with van der Waals surface area (Å²) in [4.78, 5) is 38.0. The molecular formula is C32H35Cl2N3O4. The van der Waals surface area contributed by atoms with E-state index in [1.165, 1.54) is 25.1 Å². The number of nitrogens with zero attached hydrogens (tertiary/aromatic N) is 2. The van der Waals surface area contributed by atoms with Crippen molar-refractivity contribution in [1.29, 1.82) is 0 Å². The van der Waals surface area contributed by atoms with Gasteiger partial charge in [0.25, 0.3) is 5.91 Å². The van der Waals surface area contributed by atoms with Crippen LogP contribution in [0.1, 0.15) is 69.4 Å². The number of carbonyl (C=O) groups excluding carboxylic acids is 3. The first-order chi connectivity index (χ1) is 19.1. The molecule has 9 heteroatoms. The van der Waals surface area contributed by atoms with E-state index in [2.05, 4.69) is 50.2 Å². The van der Waals surface area contributed by atoms with Crippen LogP contribution in [0.15, 0.2) is 70.9 Å². The third-order valence-corrected chi connectivity index (χ3v) is 7.17. The number of ketones is 1. The molecule has 41 heavy (non-hydrogen) atoms. The van der Waals surface area contributed by atoms with Crippen LogP contribution in [0.3, 0.4) is 0 Å². The number of Topliss-reactive ketones (excluding diaryl/α,β-unsaturated/α-hetero) is 1. The first-order valence-electron chi connectivity index (χ1n) is 13.2. The molecule has 0 radical (unpaired) electrons. The molecule has 0 saturated heterocycles. The number of anilines is 1. The van der Waals surface area contributed by atoms with E-state index in [9.17, 15) is 14.4 Å². The molecule has 0 aliphatic heterocycles. The summed E-state index contributed by atoms with van der Waals surface area (Å²) in [6.45, 7) is 14.0. The summed E-state index contributed by atoms with van der Waals surface area (Å²) in [5.41, 5.74) is 2.84. The Bertz CT molecular complexity index is 1480. The molecule has 216 valence electrons. The molecule has 1 atom stereocenters. The number of ether oxygens (including phenoxy) is 1. The van der Waals surface area contributed by atoms with Crippen molar-refractivity contribution in [3.8, 4) is 5.75 Å². The van der Waals surface area contributed by atoms with Gasteiger partial charge in [0.1, 0.15) is 11.4 Å². The molecule has 7 nitrogen and oxygen atoms in total. The number of esters is 1. The van der Waals surface area contributed by atoms with Gasteiger partial charge in [-0.3, -0.25) is 9.59 Å². The van der Waals surface area contributed by atoms with Gasteiger partial charge in [0, 0.05) is 16.3 Å². The molecule has 1 N–H and O–H groups in total. The Kier molecular flexibility index (Phi) is 10.1. The van der Waals surface area contributed by atoms with Gasteiger partial charge >= 0.3 is 5.97 Å². The zero-order chi connectivity index (χ0) is 30.5. The van der Waals surface area contributed by atoms with Crippen LogP contribution in [0.4, 0.5) is 11.4 Å². The van der Waals surface area contributed by atoms with Gasteiger partial charge in [0.15, 0.2) is 5.78 Å². The Morgan fingerprint density at radius 1 is 0.927 bits per heavy atom. The lowest BCUT2D eigenvalue weighted by Crippen LogP contribution is -2.30. The summed E-state index contributed by atoms with van der Waals surface area (Å²) in [5, 5.41) is 11.5. The molecule has 1 unspecified atom stereocenters. The fraction of sp³-hybridized carbons (Fsp3) is 0.344. The lowest BCUT2D eigenvalue weighted by atomic mass is 9.72. The highest BCUT2D eigenvalue weighted by Crippen LogP contribution is 2.37. The van der Waals surface area contributed by atoms with Gasteiger partial charge in [-0.15, -0.1) is 0 Å². The Balaban J connectivity index is 1.75. The van der Waals surface area contributed by atoms with E-state index < -0.39 is 23.7 Å². The van der Waals surface area contributed by atoms with Gasteiger partial charge in [0.05, 0.1) is 5.02 Å². The molecule has 1 amide bonds. The summed E-state index contributed by atoms with van der Waals surface area (Å²) in [6.07, 6.45) is 0.970. The van der Waals surface area contributed by atoms with Crippen molar-refractivity contribution in [3.63, 3.8) is 0 Å². The number of halogens is 2. The quantitative estimate of drug-likeness (QED) is 0.115. The number of azo groups is 1. The second kappa shape index (κ2) is 13.0. The number of hydrogen-bond donors (Lipinski definition) is 1. The maximum absolute atomic E-state index is 12.9. The van der Waals surface area contributed by atoms with Gasteiger partial charge in [0.2, 0.25) is 6.04 Å². The van der Waals surface area contributed by atoms with Crippen molar-refractivity contribution in [1.82, 2.24) is 0 Å². The van der Waals surface area contributed by atoms with Gasteiger partial charge in [-0.05, 0) is 84.7 Å². The molecule has 0 aromatic heterocycles. The predicted octanol–water partition coefficient (Wildman–Crippen LogP) is 8.91. The van der Waals surface area contributed by atoms with E-state index in [1.54, 1.807) is 37.3 Å². The molecule has 0 saturated carbocycles. The average Bonchev–Trinajstić information content (AvgIpc) is 2.86. The van der Waals surface area contributed by atoms with Crippen LogP contribution in [0.25, 0.3) is 0 Å². The number of rotatable bonds is 9. The van der Waals surface area contributed by atoms with E-state index in [1.807, 2.05) is 12.1 Å². The molecular weight excluding hydrogens is 561 g/mol. The first-order valence-corrected chi connectivity index (χ1v) is 13.9. The Morgan fingerprint density at radius 2 is 1.59 bits per heavy atom. The van der Waals surface area contributed by atoms with Crippen LogP contribution in [-0.2, 0) is 15.0 Å². The fourth-order valence-electron chi connectivity index (χ4n) is 4.66. The van der Waals surface area contributed by atoms with Crippen molar-refractivity contribution in [3.05, 3.63) is 87.4 Å². The number of hydrogen-bond acceptors (Lipinski definition) is 6. The van der Waals surface area contributed by atoms with Crippen LogP contribution in [-0.4, -0.2) is 23.7 Å². The second-order valence-electron chi connectivity index (χ2n) is 11.8. The highest BCUT2D eigenvalue weighted by Gasteiger charge is 2.28. The van der Waals surface area contributed by atoms with Gasteiger partial charge < -0.3 is 10.1 Å². The normalized spacial score (nSPS) is 12.7. The van der Waals surface area contributed by atoms with Crippen LogP contribution in [0, 0.1) is 12.3 Å². The fourth-order valence-corrected chi connectivity index (χ4v) is 4.99. The third-order valence-electron chi connectivity index (χ3n) is 6.44.